The van der Waals surface area contributed by atoms with Crippen LogP contribution in [0.4, 0.5) is 0 Å². The molecular weight excluding hydrogens is 324 g/mol. The van der Waals surface area contributed by atoms with E-state index in [2.05, 4.69) is 101 Å². The summed E-state index contributed by atoms with van der Waals surface area (Å²) in [6, 6.07) is 13.4. The SMILES string of the molecule is C=C/C=c1/cc(-c2ccc3c(c2)C(C)(C)/C(=C/C=C\C)C3=C)cc/c1=C/C. The summed E-state index contributed by atoms with van der Waals surface area (Å²) in [4.78, 5) is 0. The van der Waals surface area contributed by atoms with Crippen LogP contribution in [0.1, 0.15) is 38.8 Å². The predicted octanol–water partition coefficient (Wildman–Crippen LogP) is 5.93. The second-order valence-electron chi connectivity index (χ2n) is 7.50. The van der Waals surface area contributed by atoms with Gasteiger partial charge in [0, 0.05) is 5.41 Å². The maximum absolute atomic E-state index is 4.37. The Kier molecular flexibility index (Phi) is 5.19. The first-order chi connectivity index (χ1) is 12.9. The minimum atomic E-state index is -0.0465. The van der Waals surface area contributed by atoms with Crippen LogP contribution in [0.25, 0.3) is 28.9 Å². The fourth-order valence-electron chi connectivity index (χ4n) is 3.96. The lowest BCUT2D eigenvalue weighted by Crippen LogP contribution is -2.23. The van der Waals surface area contributed by atoms with Crippen LogP contribution < -0.4 is 10.4 Å². The molecule has 1 aliphatic carbocycles. The highest BCUT2D eigenvalue weighted by atomic mass is 14.4. The van der Waals surface area contributed by atoms with E-state index in [1.54, 1.807) is 0 Å². The van der Waals surface area contributed by atoms with Crippen LogP contribution >= 0.6 is 0 Å². The van der Waals surface area contributed by atoms with Crippen molar-refractivity contribution in [2.24, 2.45) is 0 Å². The van der Waals surface area contributed by atoms with Gasteiger partial charge in [-0.05, 0) is 69.8 Å². The lowest BCUT2D eigenvalue weighted by molar-refractivity contribution is 0.661. The first kappa shape index (κ1) is 18.9. The van der Waals surface area contributed by atoms with E-state index in [0.717, 1.165) is 5.57 Å². The molecule has 0 fully saturated rings. The van der Waals surface area contributed by atoms with E-state index in [1.807, 2.05) is 13.0 Å². The monoisotopic (exact) mass is 352 g/mol. The zero-order valence-electron chi connectivity index (χ0n) is 16.8. The van der Waals surface area contributed by atoms with Crippen LogP contribution in [0.5, 0.6) is 0 Å². The Labute approximate surface area is 163 Å². The molecule has 0 radical (unpaired) electrons. The Morgan fingerprint density at radius 1 is 0.889 bits per heavy atom. The standard InChI is InChI=1S/C27H28/c1-7-10-12-25-19(4)24-16-15-23(18-26(24)27(25,5)6)22-14-13-20(9-3)21(17-22)11-8-2/h7-18H,2,4H2,1,3,5-6H3/b10-7-,20-9-,21-11-,25-12+. The molecule has 2 aromatic rings. The zero-order valence-corrected chi connectivity index (χ0v) is 16.8. The first-order valence-corrected chi connectivity index (χ1v) is 9.51. The Morgan fingerprint density at radius 2 is 1.59 bits per heavy atom. The fraction of sp³-hybridized carbons (Fsp3) is 0.185. The Hall–Kier alpha value is -2.86. The van der Waals surface area contributed by atoms with Gasteiger partial charge in [-0.15, -0.1) is 0 Å². The molecule has 0 aromatic heterocycles. The predicted molar refractivity (Wildman–Crippen MR) is 121 cm³/mol. The number of benzene rings is 2. The molecule has 0 spiro atoms. The molecule has 0 bridgehead atoms. The molecule has 0 heteroatoms. The fourth-order valence-corrected chi connectivity index (χ4v) is 3.96. The largest absolute Gasteiger partial charge is 0.0990 e. The van der Waals surface area contributed by atoms with E-state index in [4.69, 9.17) is 0 Å². The Bertz CT molecular complexity index is 1090. The molecular formula is C27H28. The van der Waals surface area contributed by atoms with Gasteiger partial charge >= 0.3 is 0 Å². The molecule has 0 amide bonds. The second kappa shape index (κ2) is 7.40. The average Bonchev–Trinajstić information content (AvgIpc) is 2.86. The van der Waals surface area contributed by atoms with Crippen molar-refractivity contribution in [2.45, 2.75) is 33.1 Å². The first-order valence-electron chi connectivity index (χ1n) is 9.51. The molecule has 27 heavy (non-hydrogen) atoms. The van der Waals surface area contributed by atoms with Gasteiger partial charge in [0.05, 0.1) is 0 Å². The van der Waals surface area contributed by atoms with Gasteiger partial charge in [-0.3, -0.25) is 0 Å². The van der Waals surface area contributed by atoms with Crippen molar-refractivity contribution in [1.82, 2.24) is 0 Å². The molecule has 0 nitrogen and oxygen atoms in total. The lowest BCUT2D eigenvalue weighted by atomic mass is 9.81. The molecule has 2 aromatic carbocycles. The number of rotatable bonds is 3. The molecule has 0 unspecified atom stereocenters. The highest BCUT2D eigenvalue weighted by Crippen LogP contribution is 2.49. The summed E-state index contributed by atoms with van der Waals surface area (Å²) in [6.45, 7) is 16.9. The molecule has 136 valence electrons. The van der Waals surface area contributed by atoms with Gasteiger partial charge in [0.15, 0.2) is 0 Å². The van der Waals surface area contributed by atoms with Crippen molar-refractivity contribution in [1.29, 1.82) is 0 Å². The normalized spacial score (nSPS) is 18.5. The van der Waals surface area contributed by atoms with E-state index in [0.29, 0.717) is 0 Å². The second-order valence-corrected chi connectivity index (χ2v) is 7.50. The quantitative estimate of drug-likeness (QED) is 0.642. The smallest absolute Gasteiger partial charge is 0.0158 e. The Morgan fingerprint density at radius 3 is 2.26 bits per heavy atom. The summed E-state index contributed by atoms with van der Waals surface area (Å²) in [5.41, 5.74) is 7.46. The lowest BCUT2D eigenvalue weighted by Gasteiger charge is -2.22. The minimum Gasteiger partial charge on any atom is -0.0990 e. The molecule has 0 N–H and O–H groups in total. The van der Waals surface area contributed by atoms with Crippen LogP contribution in [0.3, 0.4) is 0 Å². The zero-order chi connectivity index (χ0) is 19.6. The van der Waals surface area contributed by atoms with Crippen molar-refractivity contribution in [3.8, 4) is 11.1 Å². The van der Waals surface area contributed by atoms with E-state index >= 15 is 0 Å². The molecule has 0 aliphatic heterocycles. The molecule has 1 aliphatic rings. The molecule has 0 heterocycles. The number of fused-ring (bicyclic) bond motifs is 1. The van der Waals surface area contributed by atoms with Gasteiger partial charge in [-0.1, -0.05) is 87.7 Å². The topological polar surface area (TPSA) is 0 Å². The van der Waals surface area contributed by atoms with Crippen LogP contribution in [-0.2, 0) is 5.41 Å². The van der Waals surface area contributed by atoms with Gasteiger partial charge in [-0.25, -0.2) is 0 Å². The van der Waals surface area contributed by atoms with Gasteiger partial charge < -0.3 is 0 Å². The number of hydrogen-bond donors (Lipinski definition) is 0. The third-order valence-electron chi connectivity index (χ3n) is 5.50. The highest BCUT2D eigenvalue weighted by Gasteiger charge is 2.36. The maximum atomic E-state index is 4.37. The van der Waals surface area contributed by atoms with E-state index in [9.17, 15) is 0 Å². The minimum absolute atomic E-state index is 0.0465. The van der Waals surface area contributed by atoms with Crippen molar-refractivity contribution >= 4 is 17.7 Å². The van der Waals surface area contributed by atoms with Crippen LogP contribution in [0.2, 0.25) is 0 Å². The third kappa shape index (κ3) is 3.28. The van der Waals surface area contributed by atoms with E-state index < -0.39 is 0 Å². The van der Waals surface area contributed by atoms with Crippen LogP contribution in [0.15, 0.2) is 79.4 Å². The molecule has 0 saturated carbocycles. The van der Waals surface area contributed by atoms with Gasteiger partial charge in [0.2, 0.25) is 0 Å². The number of allylic oxidation sites excluding steroid dienone is 6. The Balaban J connectivity index is 2.18. The maximum Gasteiger partial charge on any atom is 0.0158 e. The third-order valence-corrected chi connectivity index (χ3v) is 5.50. The van der Waals surface area contributed by atoms with Crippen molar-refractivity contribution in [3.63, 3.8) is 0 Å². The van der Waals surface area contributed by atoms with Gasteiger partial charge in [0.1, 0.15) is 0 Å². The summed E-state index contributed by atoms with van der Waals surface area (Å²) in [6.07, 6.45) is 12.4. The summed E-state index contributed by atoms with van der Waals surface area (Å²) in [5.74, 6) is 0. The van der Waals surface area contributed by atoms with Gasteiger partial charge in [-0.2, -0.15) is 0 Å². The van der Waals surface area contributed by atoms with Crippen molar-refractivity contribution in [3.05, 3.63) is 101 Å². The van der Waals surface area contributed by atoms with Crippen molar-refractivity contribution < 1.29 is 0 Å². The molecule has 0 atom stereocenters. The summed E-state index contributed by atoms with van der Waals surface area (Å²) in [7, 11) is 0. The molecule has 0 saturated heterocycles. The summed E-state index contributed by atoms with van der Waals surface area (Å²) >= 11 is 0. The summed E-state index contributed by atoms with van der Waals surface area (Å²) in [5, 5.41) is 2.42. The molecule has 3 rings (SSSR count). The number of hydrogen-bond acceptors (Lipinski definition) is 0. The highest BCUT2D eigenvalue weighted by molar-refractivity contribution is 5.90. The average molecular weight is 353 g/mol. The van der Waals surface area contributed by atoms with Crippen LogP contribution in [-0.4, -0.2) is 0 Å². The van der Waals surface area contributed by atoms with Gasteiger partial charge in [0.25, 0.3) is 0 Å². The van der Waals surface area contributed by atoms with E-state index in [-0.39, 0.29) is 5.41 Å². The summed E-state index contributed by atoms with van der Waals surface area (Å²) < 4.78 is 0. The van der Waals surface area contributed by atoms with Crippen molar-refractivity contribution in [2.75, 3.05) is 0 Å². The van der Waals surface area contributed by atoms with Crippen LogP contribution in [0, 0.1) is 0 Å². The van der Waals surface area contributed by atoms with E-state index in [1.165, 1.54) is 38.3 Å².